The first-order valence-electron chi connectivity index (χ1n) is 7.42. The monoisotopic (exact) mass is 312 g/mol. The Morgan fingerprint density at radius 2 is 1.76 bits per heavy atom. The van der Waals surface area contributed by atoms with E-state index in [0.29, 0.717) is 0 Å². The lowest BCUT2D eigenvalue weighted by molar-refractivity contribution is -0.126. The summed E-state index contributed by atoms with van der Waals surface area (Å²) in [6.07, 6.45) is 0.888. The second-order valence-electron chi connectivity index (χ2n) is 6.20. The van der Waals surface area contributed by atoms with Crippen LogP contribution in [-0.4, -0.2) is 18.0 Å². The summed E-state index contributed by atoms with van der Waals surface area (Å²) in [6.45, 7) is 10.2. The molecule has 0 saturated carbocycles. The molecule has 1 aromatic carbocycles. The van der Waals surface area contributed by atoms with E-state index in [2.05, 4.69) is 38.2 Å². The van der Waals surface area contributed by atoms with Gasteiger partial charge in [0.15, 0.2) is 0 Å². The molecule has 0 aliphatic heterocycles. The van der Waals surface area contributed by atoms with Crippen LogP contribution in [0, 0.1) is 5.92 Å². The summed E-state index contributed by atoms with van der Waals surface area (Å²) in [6, 6.07) is 10.3. The number of amides is 1. The zero-order valence-electron chi connectivity index (χ0n) is 13.7. The number of carbonyl (C=O) groups is 1. The summed E-state index contributed by atoms with van der Waals surface area (Å²) in [5.74, 6) is -0.133. The van der Waals surface area contributed by atoms with Gasteiger partial charge < -0.3 is 11.1 Å². The van der Waals surface area contributed by atoms with E-state index in [1.54, 1.807) is 0 Å². The van der Waals surface area contributed by atoms with Crippen LogP contribution in [0.25, 0.3) is 0 Å². The molecule has 0 radical (unpaired) electrons. The lowest BCUT2D eigenvalue weighted by Crippen LogP contribution is -2.50. The Hall–Kier alpha value is -1.06. The lowest BCUT2D eigenvalue weighted by Gasteiger charge is -2.36. The average Bonchev–Trinajstić information content (AvgIpc) is 2.44. The van der Waals surface area contributed by atoms with Gasteiger partial charge in [0.2, 0.25) is 5.91 Å². The zero-order chi connectivity index (χ0) is 15.3. The highest BCUT2D eigenvalue weighted by atomic mass is 35.5. The van der Waals surface area contributed by atoms with Crippen LogP contribution in [0.1, 0.15) is 46.6 Å². The van der Waals surface area contributed by atoms with Gasteiger partial charge in [-0.2, -0.15) is 0 Å². The fourth-order valence-corrected chi connectivity index (χ4v) is 2.40. The number of hydrogen-bond donors (Lipinski definition) is 2. The summed E-state index contributed by atoms with van der Waals surface area (Å²) < 4.78 is 0. The van der Waals surface area contributed by atoms with Crippen molar-refractivity contribution in [2.45, 2.75) is 58.5 Å². The van der Waals surface area contributed by atoms with Gasteiger partial charge in [0.05, 0.1) is 0 Å². The van der Waals surface area contributed by atoms with E-state index in [0.717, 1.165) is 6.42 Å². The summed E-state index contributed by atoms with van der Waals surface area (Å²) in [4.78, 5) is 12.2. The predicted molar refractivity (Wildman–Crippen MR) is 91.8 cm³/mol. The number of nitrogens with one attached hydrogen (secondary N) is 1. The molecule has 0 fully saturated rings. The highest BCUT2D eigenvalue weighted by Crippen LogP contribution is 2.28. The molecule has 3 nitrogen and oxygen atoms in total. The van der Waals surface area contributed by atoms with Crippen molar-refractivity contribution >= 4 is 18.3 Å². The van der Waals surface area contributed by atoms with Gasteiger partial charge in [-0.3, -0.25) is 4.79 Å². The molecular formula is C17H29ClN2O. The van der Waals surface area contributed by atoms with Gasteiger partial charge in [-0.15, -0.1) is 12.4 Å². The molecule has 0 aliphatic carbocycles. The maximum Gasteiger partial charge on any atom is 0.224 e. The molecule has 0 bridgehead atoms. The minimum Gasteiger partial charge on any atom is -0.352 e. The van der Waals surface area contributed by atoms with Crippen molar-refractivity contribution in [1.82, 2.24) is 5.32 Å². The Morgan fingerprint density at radius 1 is 1.24 bits per heavy atom. The van der Waals surface area contributed by atoms with Crippen molar-refractivity contribution in [2.75, 3.05) is 0 Å². The third-order valence-corrected chi connectivity index (χ3v) is 4.32. The van der Waals surface area contributed by atoms with E-state index in [4.69, 9.17) is 5.73 Å². The van der Waals surface area contributed by atoms with Gasteiger partial charge in [-0.25, -0.2) is 0 Å². The van der Waals surface area contributed by atoms with Crippen LogP contribution in [0.15, 0.2) is 30.3 Å². The highest BCUT2D eigenvalue weighted by Gasteiger charge is 2.32. The highest BCUT2D eigenvalue weighted by molar-refractivity contribution is 5.85. The van der Waals surface area contributed by atoms with Crippen LogP contribution in [0.4, 0.5) is 0 Å². The molecule has 120 valence electrons. The van der Waals surface area contributed by atoms with E-state index >= 15 is 0 Å². The van der Waals surface area contributed by atoms with E-state index in [1.165, 1.54) is 5.56 Å². The largest absolute Gasteiger partial charge is 0.352 e. The van der Waals surface area contributed by atoms with Crippen LogP contribution < -0.4 is 11.1 Å². The van der Waals surface area contributed by atoms with Crippen LogP contribution in [-0.2, 0) is 10.2 Å². The third kappa shape index (κ3) is 5.01. The second-order valence-corrected chi connectivity index (χ2v) is 6.20. The molecule has 0 heterocycles. The van der Waals surface area contributed by atoms with E-state index in [1.807, 2.05) is 32.0 Å². The van der Waals surface area contributed by atoms with Crippen molar-refractivity contribution < 1.29 is 4.79 Å². The summed E-state index contributed by atoms with van der Waals surface area (Å²) in [5, 5.41) is 3.17. The molecule has 3 N–H and O–H groups in total. The first-order valence-corrected chi connectivity index (χ1v) is 7.42. The van der Waals surface area contributed by atoms with Gasteiger partial charge in [0.1, 0.15) is 0 Å². The van der Waals surface area contributed by atoms with Crippen molar-refractivity contribution in [3.05, 3.63) is 35.9 Å². The molecule has 0 saturated heterocycles. The molecule has 0 aromatic heterocycles. The van der Waals surface area contributed by atoms with E-state index in [-0.39, 0.29) is 41.7 Å². The molecule has 3 atom stereocenters. The van der Waals surface area contributed by atoms with Crippen LogP contribution >= 0.6 is 12.4 Å². The van der Waals surface area contributed by atoms with E-state index < -0.39 is 0 Å². The second kappa shape index (κ2) is 8.40. The summed E-state index contributed by atoms with van der Waals surface area (Å²) >= 11 is 0. The number of carbonyl (C=O) groups excluding carboxylic acids is 1. The molecule has 21 heavy (non-hydrogen) atoms. The Morgan fingerprint density at radius 3 is 2.19 bits per heavy atom. The Bertz CT molecular complexity index is 432. The Labute approximate surface area is 135 Å². The quantitative estimate of drug-likeness (QED) is 0.847. The fraction of sp³-hybridized carbons (Fsp3) is 0.588. The van der Waals surface area contributed by atoms with Gasteiger partial charge in [0.25, 0.3) is 0 Å². The normalized spacial score (nSPS) is 15.5. The zero-order valence-corrected chi connectivity index (χ0v) is 14.5. The van der Waals surface area contributed by atoms with Crippen LogP contribution in [0.3, 0.4) is 0 Å². The molecular weight excluding hydrogens is 284 g/mol. The molecule has 1 aromatic rings. The maximum absolute atomic E-state index is 12.2. The maximum atomic E-state index is 12.2. The van der Waals surface area contributed by atoms with Gasteiger partial charge in [-0.1, -0.05) is 58.0 Å². The van der Waals surface area contributed by atoms with E-state index in [9.17, 15) is 4.79 Å². The first kappa shape index (κ1) is 19.9. The third-order valence-electron chi connectivity index (χ3n) is 4.32. The van der Waals surface area contributed by atoms with Crippen molar-refractivity contribution in [2.24, 2.45) is 11.7 Å². The molecule has 4 heteroatoms. The van der Waals surface area contributed by atoms with Gasteiger partial charge in [0, 0.05) is 23.4 Å². The molecule has 1 amide bonds. The Kier molecular flexibility index (Phi) is 7.98. The van der Waals surface area contributed by atoms with Crippen molar-refractivity contribution in [3.63, 3.8) is 0 Å². The SMILES string of the molecule is CCC(NC(=O)C(C)C(C)N)C(C)(C)c1ccccc1.Cl. The number of nitrogens with two attached hydrogens (primary N) is 1. The fourth-order valence-electron chi connectivity index (χ4n) is 2.40. The van der Waals surface area contributed by atoms with Crippen LogP contribution in [0.2, 0.25) is 0 Å². The van der Waals surface area contributed by atoms with Gasteiger partial charge >= 0.3 is 0 Å². The smallest absolute Gasteiger partial charge is 0.224 e. The summed E-state index contributed by atoms with van der Waals surface area (Å²) in [7, 11) is 0. The number of benzene rings is 1. The Balaban J connectivity index is 0.00000400. The number of halogens is 1. The van der Waals surface area contributed by atoms with Crippen LogP contribution in [0.5, 0.6) is 0 Å². The number of rotatable bonds is 6. The molecule has 0 aliphatic rings. The average molecular weight is 313 g/mol. The van der Waals surface area contributed by atoms with Gasteiger partial charge in [-0.05, 0) is 18.9 Å². The molecule has 0 spiro atoms. The topological polar surface area (TPSA) is 55.1 Å². The predicted octanol–water partition coefficient (Wildman–Crippen LogP) is 3.26. The minimum absolute atomic E-state index is 0. The molecule has 3 unspecified atom stereocenters. The minimum atomic E-state index is -0.171. The standard InChI is InChI=1S/C17H28N2O.ClH/c1-6-15(19-16(20)12(2)13(3)18)17(4,5)14-10-8-7-9-11-14;/h7-13,15H,6,18H2,1-5H3,(H,19,20);1H. The van der Waals surface area contributed by atoms with Crippen molar-refractivity contribution in [3.8, 4) is 0 Å². The van der Waals surface area contributed by atoms with Crippen molar-refractivity contribution in [1.29, 1.82) is 0 Å². The lowest BCUT2D eigenvalue weighted by atomic mass is 9.76. The molecule has 1 rings (SSSR count). The summed E-state index contributed by atoms with van der Waals surface area (Å²) in [5.41, 5.74) is 6.94. The number of hydrogen-bond acceptors (Lipinski definition) is 2. The first-order chi connectivity index (χ1) is 9.30.